The molecule has 0 bridgehead atoms. The number of hydrogen-bond acceptors (Lipinski definition) is 2. The number of nitrogens with two attached hydrogens (primary N) is 1. The van der Waals surface area contributed by atoms with E-state index in [2.05, 4.69) is 50.0 Å². The van der Waals surface area contributed by atoms with E-state index in [0.29, 0.717) is 11.6 Å². The summed E-state index contributed by atoms with van der Waals surface area (Å²) in [5.41, 5.74) is 12.1. The summed E-state index contributed by atoms with van der Waals surface area (Å²) in [6, 6.07) is 12.5. The zero-order valence-electron chi connectivity index (χ0n) is 12.1. The molecule has 2 heterocycles. The standard InChI is InChI=1S/C17H19N3/c1-11(2)13-5-7-14(8-6-13)16-10-20-12(3)4-9-15(18)17(20)19-16/h4-11H,18H2,1-3H3. The molecule has 0 aliphatic rings. The maximum absolute atomic E-state index is 6.00. The zero-order chi connectivity index (χ0) is 14.3. The van der Waals surface area contributed by atoms with Crippen molar-refractivity contribution >= 4 is 11.3 Å². The maximum Gasteiger partial charge on any atom is 0.160 e. The van der Waals surface area contributed by atoms with Crippen LogP contribution in [0, 0.1) is 6.92 Å². The third-order valence-electron chi connectivity index (χ3n) is 3.72. The van der Waals surface area contributed by atoms with Crippen LogP contribution in [0.1, 0.15) is 31.0 Å². The summed E-state index contributed by atoms with van der Waals surface area (Å²) in [6.07, 6.45) is 2.05. The molecule has 20 heavy (non-hydrogen) atoms. The van der Waals surface area contributed by atoms with E-state index in [4.69, 9.17) is 5.73 Å². The number of imidazole rings is 1. The number of pyridine rings is 1. The van der Waals surface area contributed by atoms with E-state index in [9.17, 15) is 0 Å². The fourth-order valence-corrected chi connectivity index (χ4v) is 2.40. The summed E-state index contributed by atoms with van der Waals surface area (Å²) in [6.45, 7) is 6.45. The summed E-state index contributed by atoms with van der Waals surface area (Å²) in [5.74, 6) is 0.544. The lowest BCUT2D eigenvalue weighted by Gasteiger charge is -2.05. The van der Waals surface area contributed by atoms with Gasteiger partial charge in [-0.15, -0.1) is 0 Å². The second-order valence-corrected chi connectivity index (χ2v) is 5.53. The van der Waals surface area contributed by atoms with Gasteiger partial charge in [0.05, 0.1) is 11.4 Å². The van der Waals surface area contributed by atoms with Crippen molar-refractivity contribution in [3.05, 3.63) is 53.9 Å². The molecule has 3 aromatic rings. The van der Waals surface area contributed by atoms with Gasteiger partial charge in [0.15, 0.2) is 5.65 Å². The van der Waals surface area contributed by atoms with E-state index >= 15 is 0 Å². The number of hydrogen-bond donors (Lipinski definition) is 1. The lowest BCUT2D eigenvalue weighted by molar-refractivity contribution is 0.867. The number of anilines is 1. The van der Waals surface area contributed by atoms with Gasteiger partial charge in [0.25, 0.3) is 0 Å². The molecule has 1 aromatic carbocycles. The molecule has 0 radical (unpaired) electrons. The highest BCUT2D eigenvalue weighted by atomic mass is 15.0. The van der Waals surface area contributed by atoms with Crippen LogP contribution in [0.4, 0.5) is 5.69 Å². The molecular weight excluding hydrogens is 246 g/mol. The maximum atomic E-state index is 6.00. The highest BCUT2D eigenvalue weighted by molar-refractivity contribution is 5.71. The Hall–Kier alpha value is -2.29. The highest BCUT2D eigenvalue weighted by Gasteiger charge is 2.08. The molecule has 0 spiro atoms. The molecule has 0 aliphatic carbocycles. The second kappa shape index (κ2) is 4.67. The lowest BCUT2D eigenvalue weighted by atomic mass is 10.0. The molecule has 3 nitrogen and oxygen atoms in total. The third-order valence-corrected chi connectivity index (χ3v) is 3.72. The van der Waals surface area contributed by atoms with Gasteiger partial charge < -0.3 is 10.1 Å². The molecule has 0 saturated heterocycles. The largest absolute Gasteiger partial charge is 0.396 e. The van der Waals surface area contributed by atoms with Crippen molar-refractivity contribution in [3.8, 4) is 11.3 Å². The molecule has 0 fully saturated rings. The number of fused-ring (bicyclic) bond motifs is 1. The average molecular weight is 265 g/mol. The van der Waals surface area contributed by atoms with Crippen LogP contribution in [-0.2, 0) is 0 Å². The molecule has 0 atom stereocenters. The molecule has 0 unspecified atom stereocenters. The molecule has 3 rings (SSSR count). The SMILES string of the molecule is Cc1ccc(N)c2nc(-c3ccc(C(C)C)cc3)cn12. The summed E-state index contributed by atoms with van der Waals surface area (Å²) in [7, 11) is 0. The Morgan fingerprint density at radius 1 is 1.05 bits per heavy atom. The van der Waals surface area contributed by atoms with E-state index in [0.717, 1.165) is 22.6 Å². The van der Waals surface area contributed by atoms with Gasteiger partial charge in [-0.3, -0.25) is 0 Å². The Bertz CT molecular complexity index is 713. The topological polar surface area (TPSA) is 43.3 Å². The van der Waals surface area contributed by atoms with Gasteiger partial charge in [-0.05, 0) is 30.5 Å². The third kappa shape index (κ3) is 2.05. The van der Waals surface area contributed by atoms with Crippen LogP contribution in [0.25, 0.3) is 16.9 Å². The molecule has 102 valence electrons. The molecule has 0 aliphatic heterocycles. The Kier molecular flexibility index (Phi) is 2.97. The van der Waals surface area contributed by atoms with Gasteiger partial charge >= 0.3 is 0 Å². The van der Waals surface area contributed by atoms with Crippen molar-refractivity contribution in [2.45, 2.75) is 26.7 Å². The van der Waals surface area contributed by atoms with Gasteiger partial charge in [-0.1, -0.05) is 38.1 Å². The van der Waals surface area contributed by atoms with Crippen molar-refractivity contribution in [2.24, 2.45) is 0 Å². The van der Waals surface area contributed by atoms with E-state index in [1.54, 1.807) is 0 Å². The molecule has 3 heteroatoms. The summed E-state index contributed by atoms with van der Waals surface area (Å²) >= 11 is 0. The summed E-state index contributed by atoms with van der Waals surface area (Å²) < 4.78 is 2.04. The summed E-state index contributed by atoms with van der Waals surface area (Å²) in [5, 5.41) is 0. The number of nitrogens with zero attached hydrogens (tertiary/aromatic N) is 2. The van der Waals surface area contributed by atoms with Crippen LogP contribution < -0.4 is 5.73 Å². The van der Waals surface area contributed by atoms with Crippen molar-refractivity contribution in [3.63, 3.8) is 0 Å². The average Bonchev–Trinajstić information content (AvgIpc) is 2.89. The first-order chi connectivity index (χ1) is 9.56. The molecule has 0 saturated carbocycles. The van der Waals surface area contributed by atoms with Gasteiger partial charge in [0, 0.05) is 17.5 Å². The molecule has 2 N–H and O–H groups in total. The number of nitrogen functional groups attached to an aromatic ring is 1. The number of aryl methyl sites for hydroxylation is 1. The van der Waals surface area contributed by atoms with Crippen LogP contribution in [0.3, 0.4) is 0 Å². The molecular formula is C17H19N3. The van der Waals surface area contributed by atoms with Gasteiger partial charge in [0.2, 0.25) is 0 Å². The Morgan fingerprint density at radius 3 is 2.35 bits per heavy atom. The van der Waals surface area contributed by atoms with E-state index in [-0.39, 0.29) is 0 Å². The minimum atomic E-state index is 0.544. The monoisotopic (exact) mass is 265 g/mol. The fourth-order valence-electron chi connectivity index (χ4n) is 2.40. The molecule has 2 aromatic heterocycles. The quantitative estimate of drug-likeness (QED) is 0.760. The van der Waals surface area contributed by atoms with Crippen molar-refractivity contribution in [1.82, 2.24) is 9.38 Å². The van der Waals surface area contributed by atoms with Crippen LogP contribution in [0.15, 0.2) is 42.6 Å². The predicted octanol–water partition coefficient (Wildman–Crippen LogP) is 4.02. The van der Waals surface area contributed by atoms with Gasteiger partial charge in [-0.25, -0.2) is 4.98 Å². The van der Waals surface area contributed by atoms with Crippen LogP contribution >= 0.6 is 0 Å². The zero-order valence-corrected chi connectivity index (χ0v) is 12.1. The first-order valence-corrected chi connectivity index (χ1v) is 6.91. The van der Waals surface area contributed by atoms with Crippen molar-refractivity contribution in [1.29, 1.82) is 0 Å². The fraction of sp³-hybridized carbons (Fsp3) is 0.235. The smallest absolute Gasteiger partial charge is 0.160 e. The van der Waals surface area contributed by atoms with Crippen LogP contribution in [-0.4, -0.2) is 9.38 Å². The Morgan fingerprint density at radius 2 is 1.75 bits per heavy atom. The minimum absolute atomic E-state index is 0.544. The first-order valence-electron chi connectivity index (χ1n) is 6.91. The summed E-state index contributed by atoms with van der Waals surface area (Å²) in [4.78, 5) is 4.66. The van der Waals surface area contributed by atoms with E-state index in [1.807, 2.05) is 22.7 Å². The Labute approximate surface area is 119 Å². The van der Waals surface area contributed by atoms with Crippen LogP contribution in [0.2, 0.25) is 0 Å². The lowest BCUT2D eigenvalue weighted by Crippen LogP contribution is -1.94. The second-order valence-electron chi connectivity index (χ2n) is 5.53. The number of rotatable bonds is 2. The van der Waals surface area contributed by atoms with E-state index < -0.39 is 0 Å². The van der Waals surface area contributed by atoms with Gasteiger partial charge in [-0.2, -0.15) is 0 Å². The Balaban J connectivity index is 2.10. The predicted molar refractivity (Wildman–Crippen MR) is 83.9 cm³/mol. The van der Waals surface area contributed by atoms with Gasteiger partial charge in [0.1, 0.15) is 0 Å². The highest BCUT2D eigenvalue weighted by Crippen LogP contribution is 2.24. The normalized spacial score (nSPS) is 11.4. The minimum Gasteiger partial charge on any atom is -0.396 e. The number of aromatic nitrogens is 2. The van der Waals surface area contributed by atoms with Crippen molar-refractivity contribution in [2.75, 3.05) is 5.73 Å². The first kappa shape index (κ1) is 12.7. The number of benzene rings is 1. The van der Waals surface area contributed by atoms with Crippen molar-refractivity contribution < 1.29 is 0 Å². The molecule has 0 amide bonds. The van der Waals surface area contributed by atoms with Crippen LogP contribution in [0.5, 0.6) is 0 Å². The van der Waals surface area contributed by atoms with E-state index in [1.165, 1.54) is 5.56 Å².